The van der Waals surface area contributed by atoms with Crippen molar-refractivity contribution < 1.29 is 43.5 Å². The summed E-state index contributed by atoms with van der Waals surface area (Å²) < 4.78 is 30.8. The Bertz CT molecular complexity index is 2360. The van der Waals surface area contributed by atoms with Gasteiger partial charge in [-0.15, -0.1) is 11.8 Å². The van der Waals surface area contributed by atoms with Gasteiger partial charge in [-0.25, -0.2) is 0 Å². The van der Waals surface area contributed by atoms with Gasteiger partial charge in [-0.2, -0.15) is 0 Å². The number of hydrogen-bond donors (Lipinski definition) is 4. The van der Waals surface area contributed by atoms with Crippen LogP contribution in [0.3, 0.4) is 0 Å². The van der Waals surface area contributed by atoms with Gasteiger partial charge in [0.2, 0.25) is 6.79 Å². The number of rotatable bonds is 2. The van der Waals surface area contributed by atoms with Crippen LogP contribution in [0.1, 0.15) is 74.5 Å². The molecular formula is C42H46N4O9S. The number of aromatic hydroxyl groups is 1. The number of fused-ring (bicyclic) bond motifs is 12. The molecule has 4 aromatic rings. The third-order valence-corrected chi connectivity index (χ3v) is 14.6. The monoisotopic (exact) mass is 782 g/mol. The predicted octanol–water partition coefficient (Wildman–Crippen LogP) is 4.53. The molecule has 0 radical (unpaired) electrons. The molecule has 56 heavy (non-hydrogen) atoms. The van der Waals surface area contributed by atoms with Crippen LogP contribution in [0.15, 0.2) is 24.3 Å². The molecule has 4 bridgehead atoms. The minimum atomic E-state index is -1.15. The minimum absolute atomic E-state index is 0.0218. The molecule has 4 N–H and O–H groups in total. The Morgan fingerprint density at radius 2 is 1.89 bits per heavy atom. The standard InChI is InChI=1S/C42H46N4O9S/c1-18-7-8-25-24(11-18)23-9-10-43-42(40(23)44-25)16-56-39-31-30(38-37(53-17-54-38)20(3)36(31)55-21(4)47)27(14-52-15-28(42)48)46-33(39)32-29-22(13-26(41(46)50)45(32)5)12-19(2)35(51-6)34(29)49/h7-8,11-12,26-27,32-33,39,41,43-44,49-50H,9-10,13-17H2,1-6H3/t26-,27-,32+,33?,39+,41-,42-/m0/s1. The molecule has 0 saturated carbocycles. The molecule has 7 aliphatic heterocycles. The van der Waals surface area contributed by atoms with Crippen molar-refractivity contribution in [1.29, 1.82) is 0 Å². The summed E-state index contributed by atoms with van der Waals surface area (Å²) in [5.74, 6) is 1.55. The number of methoxy groups -OCH3 is 1. The molecule has 7 atom stereocenters. The van der Waals surface area contributed by atoms with Crippen LogP contribution < -0.4 is 24.3 Å². The molecule has 13 nitrogen and oxygen atoms in total. The van der Waals surface area contributed by atoms with Gasteiger partial charge in [-0.1, -0.05) is 17.7 Å². The number of H-pyrrole nitrogens is 1. The Balaban J connectivity index is 1.24. The first-order valence-electron chi connectivity index (χ1n) is 19.3. The highest BCUT2D eigenvalue weighted by Crippen LogP contribution is 2.64. The summed E-state index contributed by atoms with van der Waals surface area (Å²) in [5.41, 5.74) is 7.46. The molecule has 0 aliphatic carbocycles. The lowest BCUT2D eigenvalue weighted by Gasteiger charge is -2.61. The van der Waals surface area contributed by atoms with Crippen LogP contribution in [0.2, 0.25) is 0 Å². The van der Waals surface area contributed by atoms with Crippen LogP contribution >= 0.6 is 11.8 Å². The Morgan fingerprint density at radius 1 is 1.09 bits per heavy atom. The van der Waals surface area contributed by atoms with Crippen LogP contribution in [0.5, 0.6) is 28.7 Å². The normalized spacial score (nSPS) is 29.4. The third-order valence-electron chi connectivity index (χ3n) is 13.1. The van der Waals surface area contributed by atoms with Crippen molar-refractivity contribution in [2.45, 2.75) is 81.7 Å². The number of aromatic amines is 1. The number of aliphatic hydroxyl groups excluding tert-OH is 1. The van der Waals surface area contributed by atoms with E-state index >= 15 is 0 Å². The maximum Gasteiger partial charge on any atom is 0.308 e. The lowest BCUT2D eigenvalue weighted by molar-refractivity contribution is -0.181. The van der Waals surface area contributed by atoms with Crippen molar-refractivity contribution >= 4 is 34.4 Å². The fraction of sp³-hybridized carbons (Fsp3) is 0.476. The number of esters is 1. The summed E-state index contributed by atoms with van der Waals surface area (Å²) in [5, 5.41) is 29.0. The number of phenolic OH excluding ortho intramolecular Hbond substituents is 1. The molecule has 2 saturated heterocycles. The number of nitrogens with zero attached hydrogens (tertiary/aromatic N) is 2. The van der Waals surface area contributed by atoms with Crippen molar-refractivity contribution in [3.63, 3.8) is 0 Å². The first-order chi connectivity index (χ1) is 26.9. The number of aromatic nitrogens is 1. The van der Waals surface area contributed by atoms with Crippen molar-refractivity contribution in [2.75, 3.05) is 46.5 Å². The summed E-state index contributed by atoms with van der Waals surface area (Å²) in [6.45, 7) is 7.64. The van der Waals surface area contributed by atoms with E-state index in [4.69, 9.17) is 23.7 Å². The van der Waals surface area contributed by atoms with E-state index in [1.165, 1.54) is 6.92 Å². The number of carbonyl (C=O) groups is 2. The van der Waals surface area contributed by atoms with Gasteiger partial charge >= 0.3 is 5.97 Å². The molecule has 8 heterocycles. The Kier molecular flexibility index (Phi) is 8.27. The number of nitrogens with one attached hydrogen (secondary N) is 2. The molecule has 1 spiro atoms. The molecule has 2 fully saturated rings. The van der Waals surface area contributed by atoms with Gasteiger partial charge in [0.25, 0.3) is 0 Å². The Hall–Kier alpha value is -4.31. The van der Waals surface area contributed by atoms with E-state index in [1.54, 1.807) is 18.9 Å². The number of benzene rings is 3. The molecular weight excluding hydrogens is 737 g/mol. The van der Waals surface area contributed by atoms with Crippen LogP contribution in [-0.2, 0) is 32.7 Å². The maximum atomic E-state index is 14.9. The van der Waals surface area contributed by atoms with E-state index in [0.29, 0.717) is 47.1 Å². The quantitative estimate of drug-likeness (QED) is 0.167. The van der Waals surface area contributed by atoms with E-state index in [1.807, 2.05) is 20.9 Å². The van der Waals surface area contributed by atoms with E-state index in [2.05, 4.69) is 51.3 Å². The average Bonchev–Trinajstić information content (AvgIpc) is 3.80. The molecule has 14 heteroatoms. The highest BCUT2D eigenvalue weighted by atomic mass is 32.2. The van der Waals surface area contributed by atoms with E-state index in [-0.39, 0.29) is 43.3 Å². The number of likely N-dealkylation sites (N-methyl/N-ethyl adjacent to an activating group) is 1. The summed E-state index contributed by atoms with van der Waals surface area (Å²) >= 11 is 1.58. The summed E-state index contributed by atoms with van der Waals surface area (Å²) in [7, 11) is 3.55. The highest BCUT2D eigenvalue weighted by molar-refractivity contribution is 7.99. The van der Waals surface area contributed by atoms with Crippen molar-refractivity contribution in [2.24, 2.45) is 0 Å². The summed E-state index contributed by atoms with van der Waals surface area (Å²) in [4.78, 5) is 35.8. The smallest absolute Gasteiger partial charge is 0.308 e. The minimum Gasteiger partial charge on any atom is -0.504 e. The number of carbonyl (C=O) groups excluding carboxylic acids is 2. The number of piperazine rings is 1. The van der Waals surface area contributed by atoms with E-state index in [0.717, 1.165) is 56.4 Å². The molecule has 7 aliphatic rings. The van der Waals surface area contributed by atoms with Crippen LogP contribution in [0, 0.1) is 20.8 Å². The number of Topliss-reactive ketones (excluding diaryl/α,β-unsaturated/α-hetero) is 1. The second-order valence-electron chi connectivity index (χ2n) is 16.1. The zero-order valence-electron chi connectivity index (χ0n) is 32.3. The highest BCUT2D eigenvalue weighted by Gasteiger charge is 2.61. The lowest BCUT2D eigenvalue weighted by Crippen LogP contribution is -2.69. The second-order valence-corrected chi connectivity index (χ2v) is 17.2. The number of aryl methyl sites for hydroxylation is 2. The molecule has 11 rings (SSSR count). The van der Waals surface area contributed by atoms with Gasteiger partial charge in [-0.05, 0) is 69.5 Å². The number of thioether (sulfide) groups is 1. The first kappa shape index (κ1) is 36.1. The van der Waals surface area contributed by atoms with Crippen LogP contribution in [-0.4, -0.2) is 102 Å². The largest absolute Gasteiger partial charge is 0.504 e. The number of hydrogen-bond acceptors (Lipinski definition) is 13. The number of ether oxygens (including phenoxy) is 5. The number of ketones is 1. The zero-order valence-corrected chi connectivity index (χ0v) is 33.1. The number of phenols is 1. The topological polar surface area (TPSA) is 155 Å². The zero-order chi connectivity index (χ0) is 38.9. The maximum absolute atomic E-state index is 14.9. The van der Waals surface area contributed by atoms with Gasteiger partial charge in [0.15, 0.2) is 28.8 Å². The molecule has 3 aromatic carbocycles. The van der Waals surface area contributed by atoms with E-state index < -0.39 is 41.1 Å². The van der Waals surface area contributed by atoms with Gasteiger partial charge in [-0.3, -0.25) is 24.7 Å². The van der Waals surface area contributed by atoms with Crippen LogP contribution in [0.4, 0.5) is 0 Å². The number of aliphatic hydroxyl groups is 1. The molecule has 294 valence electrons. The predicted molar refractivity (Wildman–Crippen MR) is 208 cm³/mol. The summed E-state index contributed by atoms with van der Waals surface area (Å²) in [6, 6.07) is 6.41. The molecule has 1 unspecified atom stereocenters. The van der Waals surface area contributed by atoms with Gasteiger partial charge in [0.1, 0.15) is 24.1 Å². The van der Waals surface area contributed by atoms with Crippen molar-refractivity contribution in [3.05, 3.63) is 74.5 Å². The first-order valence-corrected chi connectivity index (χ1v) is 20.3. The second kappa shape index (κ2) is 12.9. The van der Waals surface area contributed by atoms with Crippen molar-refractivity contribution in [1.82, 2.24) is 20.1 Å². The molecule has 1 aromatic heterocycles. The summed E-state index contributed by atoms with van der Waals surface area (Å²) in [6.07, 6.45) is 0.255. The third kappa shape index (κ3) is 4.86. The fourth-order valence-electron chi connectivity index (χ4n) is 10.8. The molecule has 0 amide bonds. The average molecular weight is 783 g/mol. The van der Waals surface area contributed by atoms with Gasteiger partial charge in [0.05, 0.1) is 37.1 Å². The Labute approximate surface area is 328 Å². The van der Waals surface area contributed by atoms with Crippen LogP contribution in [0.25, 0.3) is 10.9 Å². The van der Waals surface area contributed by atoms with Gasteiger partial charge < -0.3 is 38.9 Å². The van der Waals surface area contributed by atoms with Crippen molar-refractivity contribution in [3.8, 4) is 28.7 Å². The van der Waals surface area contributed by atoms with E-state index in [9.17, 15) is 19.8 Å². The van der Waals surface area contributed by atoms with Gasteiger partial charge in [0, 0.05) is 64.1 Å². The SMILES string of the molecule is COc1c(C)cc2c(c1O)[C@@H]1C3[C@@H]4SC[C@]5(NCCc6c5[nH]c5ccc(C)cc65)C(=O)COC[C@@H](c5c6c(c(C)c(OC(C)=O)c54)OCO6)N3[C@@H](O)[C@H](C2)N1C. The Morgan fingerprint density at radius 3 is 2.68 bits per heavy atom. The fourth-order valence-corrected chi connectivity index (χ4v) is 12.5. The lowest BCUT2D eigenvalue weighted by atomic mass is 9.73.